The van der Waals surface area contributed by atoms with E-state index in [0.717, 1.165) is 12.1 Å². The molecule has 0 aromatic heterocycles. The second kappa shape index (κ2) is 7.92. The summed E-state index contributed by atoms with van der Waals surface area (Å²) in [6, 6.07) is 11.6. The Morgan fingerprint density at radius 3 is 2.44 bits per heavy atom. The molecule has 0 spiro atoms. The molecule has 0 atom stereocenters. The van der Waals surface area contributed by atoms with E-state index in [1.165, 1.54) is 12.1 Å². The monoisotopic (exact) mass is 352 g/mol. The molecule has 2 aromatic rings. The summed E-state index contributed by atoms with van der Waals surface area (Å²) in [6.45, 7) is 3.73. The van der Waals surface area contributed by atoms with Crippen molar-refractivity contribution >= 4 is 17.3 Å². The number of alkyl halides is 3. The maximum Gasteiger partial charge on any atom is 0.416 e. The van der Waals surface area contributed by atoms with E-state index in [1.807, 2.05) is 13.8 Å². The van der Waals surface area contributed by atoms with E-state index in [1.54, 1.807) is 24.3 Å². The van der Waals surface area contributed by atoms with Crippen LogP contribution in [0, 0.1) is 0 Å². The van der Waals surface area contributed by atoms with Crippen molar-refractivity contribution in [3.8, 4) is 5.75 Å². The van der Waals surface area contributed by atoms with Crippen molar-refractivity contribution in [2.75, 3.05) is 17.2 Å². The van der Waals surface area contributed by atoms with E-state index in [2.05, 4.69) is 10.6 Å². The number of rotatable bonds is 6. The SMILES string of the molecule is CC(C)Oc1cccc(NCC(=O)Nc2cccc(C(F)(F)F)c2)c1. The zero-order valence-electron chi connectivity index (χ0n) is 13.9. The molecule has 2 rings (SSSR count). The molecule has 25 heavy (non-hydrogen) atoms. The zero-order chi connectivity index (χ0) is 18.4. The van der Waals surface area contributed by atoms with Gasteiger partial charge < -0.3 is 15.4 Å². The molecule has 0 aliphatic heterocycles. The number of benzene rings is 2. The zero-order valence-corrected chi connectivity index (χ0v) is 13.9. The molecule has 0 aliphatic rings. The first-order chi connectivity index (χ1) is 11.7. The lowest BCUT2D eigenvalue weighted by Crippen LogP contribution is -2.22. The Bertz CT molecular complexity index is 730. The predicted molar refractivity (Wildman–Crippen MR) is 90.8 cm³/mol. The number of hydrogen-bond acceptors (Lipinski definition) is 3. The molecular formula is C18H19F3N2O2. The molecule has 134 valence electrons. The molecule has 0 heterocycles. The molecule has 0 saturated carbocycles. The van der Waals surface area contributed by atoms with Gasteiger partial charge in [-0.05, 0) is 44.2 Å². The number of carbonyl (C=O) groups excluding carboxylic acids is 1. The van der Waals surface area contributed by atoms with Crippen molar-refractivity contribution in [3.63, 3.8) is 0 Å². The molecule has 0 unspecified atom stereocenters. The third-order valence-electron chi connectivity index (χ3n) is 3.13. The van der Waals surface area contributed by atoms with E-state index < -0.39 is 17.6 Å². The van der Waals surface area contributed by atoms with Gasteiger partial charge in [-0.15, -0.1) is 0 Å². The van der Waals surface area contributed by atoms with Crippen molar-refractivity contribution < 1.29 is 22.7 Å². The maximum absolute atomic E-state index is 12.7. The number of amides is 1. The number of carbonyl (C=O) groups is 1. The van der Waals surface area contributed by atoms with Gasteiger partial charge in [-0.2, -0.15) is 13.2 Å². The largest absolute Gasteiger partial charge is 0.491 e. The highest BCUT2D eigenvalue weighted by Gasteiger charge is 2.30. The number of halogens is 3. The van der Waals surface area contributed by atoms with Crippen LogP contribution in [0.3, 0.4) is 0 Å². The molecule has 7 heteroatoms. The molecule has 0 fully saturated rings. The molecule has 2 N–H and O–H groups in total. The van der Waals surface area contributed by atoms with E-state index in [0.29, 0.717) is 11.4 Å². The Hall–Kier alpha value is -2.70. The highest BCUT2D eigenvalue weighted by Crippen LogP contribution is 2.30. The van der Waals surface area contributed by atoms with Crippen LogP contribution < -0.4 is 15.4 Å². The highest BCUT2D eigenvalue weighted by atomic mass is 19.4. The number of nitrogens with one attached hydrogen (secondary N) is 2. The van der Waals surface area contributed by atoms with Crippen molar-refractivity contribution in [1.29, 1.82) is 0 Å². The van der Waals surface area contributed by atoms with Gasteiger partial charge in [-0.25, -0.2) is 0 Å². The van der Waals surface area contributed by atoms with Crippen LogP contribution in [0.25, 0.3) is 0 Å². The second-order valence-corrected chi connectivity index (χ2v) is 5.67. The van der Waals surface area contributed by atoms with Gasteiger partial charge >= 0.3 is 6.18 Å². The van der Waals surface area contributed by atoms with Gasteiger partial charge in [-0.1, -0.05) is 12.1 Å². The summed E-state index contributed by atoms with van der Waals surface area (Å²) >= 11 is 0. The lowest BCUT2D eigenvalue weighted by molar-refractivity contribution is -0.137. The van der Waals surface area contributed by atoms with Crippen LogP contribution in [-0.2, 0) is 11.0 Å². The fourth-order valence-electron chi connectivity index (χ4n) is 2.11. The lowest BCUT2D eigenvalue weighted by atomic mass is 10.2. The Morgan fingerprint density at radius 2 is 1.76 bits per heavy atom. The van der Waals surface area contributed by atoms with Gasteiger partial charge in [-0.3, -0.25) is 4.79 Å². The van der Waals surface area contributed by atoms with Gasteiger partial charge in [0.05, 0.1) is 18.2 Å². The van der Waals surface area contributed by atoms with Gasteiger partial charge in [0.15, 0.2) is 0 Å². The molecule has 0 saturated heterocycles. The minimum atomic E-state index is -4.45. The van der Waals surface area contributed by atoms with E-state index in [9.17, 15) is 18.0 Å². The van der Waals surface area contributed by atoms with Crippen molar-refractivity contribution in [1.82, 2.24) is 0 Å². The Morgan fingerprint density at radius 1 is 1.08 bits per heavy atom. The van der Waals surface area contributed by atoms with Crippen LogP contribution in [0.4, 0.5) is 24.5 Å². The number of anilines is 2. The van der Waals surface area contributed by atoms with E-state index >= 15 is 0 Å². The second-order valence-electron chi connectivity index (χ2n) is 5.67. The molecule has 1 amide bonds. The third-order valence-corrected chi connectivity index (χ3v) is 3.13. The summed E-state index contributed by atoms with van der Waals surface area (Å²) in [5, 5.41) is 5.35. The average Bonchev–Trinajstić information content (AvgIpc) is 2.52. The van der Waals surface area contributed by atoms with Crippen LogP contribution in [-0.4, -0.2) is 18.6 Å². The van der Waals surface area contributed by atoms with Crippen LogP contribution in [0.2, 0.25) is 0 Å². The number of hydrogen-bond donors (Lipinski definition) is 2. The normalized spacial score (nSPS) is 11.3. The standard InChI is InChI=1S/C18H19F3N2O2/c1-12(2)25-16-8-4-6-14(10-16)22-11-17(24)23-15-7-3-5-13(9-15)18(19,20)21/h3-10,12,22H,11H2,1-2H3,(H,23,24). The van der Waals surface area contributed by atoms with Crippen molar-refractivity contribution in [2.24, 2.45) is 0 Å². The minimum absolute atomic E-state index is 0.0273. The molecular weight excluding hydrogens is 333 g/mol. The molecule has 0 aliphatic carbocycles. The fraction of sp³-hybridized carbons (Fsp3) is 0.278. The van der Waals surface area contributed by atoms with Gasteiger partial charge in [0.25, 0.3) is 0 Å². The minimum Gasteiger partial charge on any atom is -0.491 e. The molecule has 4 nitrogen and oxygen atoms in total. The van der Waals surface area contributed by atoms with E-state index in [4.69, 9.17) is 4.74 Å². The van der Waals surface area contributed by atoms with Gasteiger partial charge in [0, 0.05) is 17.4 Å². The fourth-order valence-corrected chi connectivity index (χ4v) is 2.11. The first kappa shape index (κ1) is 18.6. The Labute approximate surface area is 144 Å². The van der Waals surface area contributed by atoms with Crippen LogP contribution >= 0.6 is 0 Å². The summed E-state index contributed by atoms with van der Waals surface area (Å²) in [4.78, 5) is 11.9. The third kappa shape index (κ3) is 6.02. The highest BCUT2D eigenvalue weighted by molar-refractivity contribution is 5.93. The quantitative estimate of drug-likeness (QED) is 0.802. The average molecular weight is 352 g/mol. The Balaban J connectivity index is 1.93. The molecule has 0 bridgehead atoms. The molecule has 2 aromatic carbocycles. The Kier molecular flexibility index (Phi) is 5.90. The summed E-state index contributed by atoms with van der Waals surface area (Å²) in [7, 11) is 0. The first-order valence-electron chi connectivity index (χ1n) is 7.72. The maximum atomic E-state index is 12.7. The van der Waals surface area contributed by atoms with Gasteiger partial charge in [0.2, 0.25) is 5.91 Å². The van der Waals surface area contributed by atoms with Crippen LogP contribution in [0.5, 0.6) is 5.75 Å². The number of ether oxygens (including phenoxy) is 1. The first-order valence-corrected chi connectivity index (χ1v) is 7.72. The molecule has 0 radical (unpaired) electrons. The van der Waals surface area contributed by atoms with Crippen molar-refractivity contribution in [2.45, 2.75) is 26.1 Å². The summed E-state index contributed by atoms with van der Waals surface area (Å²) in [5.74, 6) is 0.216. The predicted octanol–water partition coefficient (Wildman–Crippen LogP) is 4.54. The van der Waals surface area contributed by atoms with Crippen LogP contribution in [0.15, 0.2) is 48.5 Å². The summed E-state index contributed by atoms with van der Waals surface area (Å²) < 4.78 is 43.6. The van der Waals surface area contributed by atoms with E-state index in [-0.39, 0.29) is 18.3 Å². The van der Waals surface area contributed by atoms with Gasteiger partial charge in [0.1, 0.15) is 5.75 Å². The van der Waals surface area contributed by atoms with Crippen LogP contribution in [0.1, 0.15) is 19.4 Å². The lowest BCUT2D eigenvalue weighted by Gasteiger charge is -2.12. The smallest absolute Gasteiger partial charge is 0.416 e. The summed E-state index contributed by atoms with van der Waals surface area (Å²) in [6.07, 6.45) is -4.42. The topological polar surface area (TPSA) is 50.4 Å². The van der Waals surface area contributed by atoms with Crippen molar-refractivity contribution in [3.05, 3.63) is 54.1 Å². The summed E-state index contributed by atoms with van der Waals surface area (Å²) in [5.41, 5.74) is -0.0346.